The lowest BCUT2D eigenvalue weighted by Crippen LogP contribution is -2.40. The van der Waals surface area contributed by atoms with Gasteiger partial charge in [-0.25, -0.2) is 4.98 Å². The molecule has 1 aliphatic heterocycles. The lowest BCUT2D eigenvalue weighted by molar-refractivity contribution is 0.0543. The summed E-state index contributed by atoms with van der Waals surface area (Å²) in [5.74, 6) is 0.760. The van der Waals surface area contributed by atoms with E-state index in [1.807, 2.05) is 10.6 Å². The highest BCUT2D eigenvalue weighted by atomic mass is 79.9. The van der Waals surface area contributed by atoms with Crippen LogP contribution >= 0.6 is 15.9 Å². The summed E-state index contributed by atoms with van der Waals surface area (Å²) in [4.78, 5) is 4.43. The summed E-state index contributed by atoms with van der Waals surface area (Å²) < 4.78 is 8.57. The van der Waals surface area contributed by atoms with Crippen LogP contribution in [0.15, 0.2) is 47.5 Å². The normalized spacial score (nSPS) is 17.0. The molecule has 1 saturated heterocycles. The van der Waals surface area contributed by atoms with E-state index in [9.17, 15) is 0 Å². The number of hydrogen-bond acceptors (Lipinski definition) is 5. The molecule has 6 nitrogen and oxygen atoms in total. The summed E-state index contributed by atoms with van der Waals surface area (Å²) in [6, 6.07) is 8.55. The smallest absolute Gasteiger partial charge is 0.203 e. The van der Waals surface area contributed by atoms with Gasteiger partial charge in [0, 0.05) is 42.0 Å². The quantitative estimate of drug-likeness (QED) is 0.745. The van der Waals surface area contributed by atoms with E-state index in [2.05, 4.69) is 60.7 Å². The Bertz CT molecular complexity index is 844. The second-order valence-electron chi connectivity index (χ2n) is 6.09. The summed E-state index contributed by atoms with van der Waals surface area (Å²) >= 11 is 3.59. The molecule has 4 rings (SSSR count). The largest absolute Gasteiger partial charge is 0.381 e. The van der Waals surface area contributed by atoms with Crippen molar-refractivity contribution in [2.75, 3.05) is 25.1 Å². The molecule has 1 N–H and O–H groups in total. The minimum atomic E-state index is 0.0244. The highest BCUT2D eigenvalue weighted by molar-refractivity contribution is 9.10. The van der Waals surface area contributed by atoms with Gasteiger partial charge in [0.15, 0.2) is 5.82 Å². The molecular formula is C17H18BrN5O. The van der Waals surface area contributed by atoms with Crippen LogP contribution in [0.1, 0.15) is 18.4 Å². The summed E-state index contributed by atoms with van der Waals surface area (Å²) in [6.45, 7) is 2.33. The number of halogens is 1. The van der Waals surface area contributed by atoms with E-state index in [0.717, 1.165) is 48.5 Å². The van der Waals surface area contributed by atoms with Crippen molar-refractivity contribution in [2.24, 2.45) is 0 Å². The van der Waals surface area contributed by atoms with Gasteiger partial charge in [-0.3, -0.25) is 4.40 Å². The topological polar surface area (TPSA) is 64.3 Å². The predicted molar refractivity (Wildman–Crippen MR) is 95.1 cm³/mol. The predicted octanol–water partition coefficient (Wildman–Crippen LogP) is 3.05. The first kappa shape index (κ1) is 15.5. The Morgan fingerprint density at radius 3 is 3.00 bits per heavy atom. The maximum absolute atomic E-state index is 5.60. The van der Waals surface area contributed by atoms with Crippen LogP contribution in [0.3, 0.4) is 0 Å². The van der Waals surface area contributed by atoms with Crippen molar-refractivity contribution >= 4 is 27.4 Å². The van der Waals surface area contributed by atoms with Gasteiger partial charge in [0.1, 0.15) is 6.33 Å². The highest BCUT2D eigenvalue weighted by Gasteiger charge is 2.34. The summed E-state index contributed by atoms with van der Waals surface area (Å²) in [5.41, 5.74) is 2.09. The van der Waals surface area contributed by atoms with Gasteiger partial charge in [0.2, 0.25) is 5.65 Å². The number of nitrogens with one attached hydrogen (secondary N) is 1. The minimum absolute atomic E-state index is 0.0244. The molecule has 0 atom stereocenters. The average molecular weight is 388 g/mol. The zero-order chi connectivity index (χ0) is 16.4. The van der Waals surface area contributed by atoms with Crippen molar-refractivity contribution in [1.29, 1.82) is 0 Å². The fraction of sp³-hybridized carbons (Fsp3) is 0.353. The second-order valence-corrected chi connectivity index (χ2v) is 7.01. The number of benzene rings is 1. The molecule has 124 valence electrons. The van der Waals surface area contributed by atoms with Crippen molar-refractivity contribution in [3.63, 3.8) is 0 Å². The number of aromatic nitrogens is 4. The number of hydrogen-bond donors (Lipinski definition) is 1. The first-order chi connectivity index (χ1) is 11.8. The van der Waals surface area contributed by atoms with Crippen LogP contribution in [0.4, 0.5) is 5.82 Å². The molecule has 3 aromatic rings. The molecule has 1 aliphatic rings. The van der Waals surface area contributed by atoms with Crippen LogP contribution < -0.4 is 5.32 Å². The number of anilines is 1. The van der Waals surface area contributed by atoms with Crippen molar-refractivity contribution in [2.45, 2.75) is 18.3 Å². The molecule has 0 bridgehead atoms. The Balaban J connectivity index is 1.64. The van der Waals surface area contributed by atoms with Gasteiger partial charge in [-0.1, -0.05) is 28.1 Å². The van der Waals surface area contributed by atoms with Crippen LogP contribution in [-0.2, 0) is 10.2 Å². The van der Waals surface area contributed by atoms with E-state index >= 15 is 0 Å². The van der Waals surface area contributed by atoms with E-state index in [0.29, 0.717) is 0 Å². The van der Waals surface area contributed by atoms with E-state index in [1.165, 1.54) is 5.56 Å². The van der Waals surface area contributed by atoms with E-state index in [4.69, 9.17) is 4.74 Å². The van der Waals surface area contributed by atoms with Crippen molar-refractivity contribution in [1.82, 2.24) is 19.6 Å². The van der Waals surface area contributed by atoms with Crippen molar-refractivity contribution in [3.05, 3.63) is 53.0 Å². The standard InChI is InChI=1S/C17H18BrN5O/c18-14-3-1-2-13(10-14)17(4-8-24-9-5-17)11-20-15-16-22-21-12-23(16)7-6-19-15/h1-3,6-7,10,12H,4-5,8-9,11H2,(H,19,20). The Morgan fingerprint density at radius 2 is 2.17 bits per heavy atom. The molecule has 0 aliphatic carbocycles. The van der Waals surface area contributed by atoms with Gasteiger partial charge >= 0.3 is 0 Å². The third-order valence-electron chi connectivity index (χ3n) is 4.70. The highest BCUT2D eigenvalue weighted by Crippen LogP contribution is 2.36. The van der Waals surface area contributed by atoms with Gasteiger partial charge < -0.3 is 10.1 Å². The van der Waals surface area contributed by atoms with Crippen LogP contribution in [0.25, 0.3) is 5.65 Å². The third-order valence-corrected chi connectivity index (χ3v) is 5.19. The van der Waals surface area contributed by atoms with E-state index in [-0.39, 0.29) is 5.41 Å². The summed E-state index contributed by atoms with van der Waals surface area (Å²) in [5, 5.41) is 11.6. The number of ether oxygens (including phenoxy) is 1. The second kappa shape index (κ2) is 6.49. The molecule has 1 fully saturated rings. The minimum Gasteiger partial charge on any atom is -0.381 e. The number of nitrogens with zero attached hydrogens (tertiary/aromatic N) is 4. The SMILES string of the molecule is Brc1cccc(C2(CNc3nccn4cnnc34)CCOCC2)c1. The third kappa shape index (κ3) is 2.89. The molecule has 2 aromatic heterocycles. The summed E-state index contributed by atoms with van der Waals surface area (Å²) in [6.07, 6.45) is 7.24. The van der Waals surface area contributed by atoms with Gasteiger partial charge in [-0.05, 0) is 30.5 Å². The lowest BCUT2D eigenvalue weighted by atomic mass is 9.74. The van der Waals surface area contributed by atoms with Gasteiger partial charge in [0.25, 0.3) is 0 Å². The molecular weight excluding hydrogens is 370 g/mol. The monoisotopic (exact) mass is 387 g/mol. The van der Waals surface area contributed by atoms with Crippen LogP contribution in [0.2, 0.25) is 0 Å². The fourth-order valence-electron chi connectivity index (χ4n) is 3.28. The van der Waals surface area contributed by atoms with E-state index < -0.39 is 0 Å². The lowest BCUT2D eigenvalue weighted by Gasteiger charge is -2.38. The molecule has 24 heavy (non-hydrogen) atoms. The average Bonchev–Trinajstić information content (AvgIpc) is 3.10. The van der Waals surface area contributed by atoms with Gasteiger partial charge in [-0.2, -0.15) is 0 Å². The number of fused-ring (bicyclic) bond motifs is 1. The van der Waals surface area contributed by atoms with Crippen LogP contribution in [0.5, 0.6) is 0 Å². The zero-order valence-corrected chi connectivity index (χ0v) is 14.7. The van der Waals surface area contributed by atoms with Gasteiger partial charge in [0.05, 0.1) is 0 Å². The molecule has 0 radical (unpaired) electrons. The Kier molecular flexibility index (Phi) is 4.20. The molecule has 0 amide bonds. The van der Waals surface area contributed by atoms with E-state index in [1.54, 1.807) is 12.5 Å². The molecule has 0 saturated carbocycles. The van der Waals surface area contributed by atoms with Crippen molar-refractivity contribution in [3.8, 4) is 0 Å². The Hall–Kier alpha value is -1.99. The van der Waals surface area contributed by atoms with Crippen molar-refractivity contribution < 1.29 is 4.74 Å². The number of rotatable bonds is 4. The maximum atomic E-state index is 5.60. The Labute approximate surface area is 148 Å². The Morgan fingerprint density at radius 1 is 1.29 bits per heavy atom. The van der Waals surface area contributed by atoms with Crippen LogP contribution in [0, 0.1) is 0 Å². The maximum Gasteiger partial charge on any atom is 0.203 e. The van der Waals surface area contributed by atoms with Gasteiger partial charge in [-0.15, -0.1) is 10.2 Å². The fourth-order valence-corrected chi connectivity index (χ4v) is 3.68. The first-order valence-electron chi connectivity index (χ1n) is 7.99. The first-order valence-corrected chi connectivity index (χ1v) is 8.78. The molecule has 3 heterocycles. The van der Waals surface area contributed by atoms with Crippen LogP contribution in [-0.4, -0.2) is 39.3 Å². The molecule has 7 heteroatoms. The molecule has 1 aromatic carbocycles. The zero-order valence-electron chi connectivity index (χ0n) is 13.2. The molecule has 0 spiro atoms. The molecule has 0 unspecified atom stereocenters. The summed E-state index contributed by atoms with van der Waals surface area (Å²) in [7, 11) is 0.